The van der Waals surface area contributed by atoms with E-state index < -0.39 is 0 Å². The van der Waals surface area contributed by atoms with Gasteiger partial charge in [-0.1, -0.05) is 208 Å². The topological polar surface area (TPSA) is 25.8 Å². The Morgan fingerprint density at radius 3 is 1.74 bits per heavy atom. The van der Waals surface area contributed by atoms with Crippen LogP contribution in [-0.2, 0) is 5.41 Å². The molecule has 2 aromatic heterocycles. The summed E-state index contributed by atoms with van der Waals surface area (Å²) < 4.78 is 2.64. The van der Waals surface area contributed by atoms with E-state index in [0.29, 0.717) is 5.82 Å². The Labute approximate surface area is 388 Å². The summed E-state index contributed by atoms with van der Waals surface area (Å²) in [4.78, 5) is 10.9. The van der Waals surface area contributed by atoms with Crippen LogP contribution >= 0.6 is 11.3 Å². The summed E-state index contributed by atoms with van der Waals surface area (Å²) in [5, 5.41) is 7.54. The van der Waals surface area contributed by atoms with Crippen LogP contribution in [0, 0.1) is 0 Å². The first-order valence-electron chi connectivity index (χ1n) is 22.7. The summed E-state index contributed by atoms with van der Waals surface area (Å²) in [6, 6.07) is 79.6. The van der Waals surface area contributed by atoms with Gasteiger partial charge in [-0.05, 0) is 101 Å². The van der Waals surface area contributed by atoms with E-state index >= 15 is 0 Å². The Morgan fingerprint density at radius 2 is 0.939 bits per heavy atom. The standard InChI is InChI=1S/C63H42N2S/c1-63(2)54-28-15-27-52(60(54)53-36-43-19-6-7-20-44(43)37-55(53)63)59-46-22-9-8-16-39(46)34-35-51(59)57-38-56(64-62(65-57)42-17-4-3-5-18-42)48-23-11-10-21-45(48)40-30-32-41(33-31-40)47-25-14-26-50-49-24-12-13-29-58(49)66-61(47)50/h3-38H,1-2H3. The maximum absolute atomic E-state index is 5.48. The minimum Gasteiger partial charge on any atom is -0.228 e. The van der Waals surface area contributed by atoms with Crippen molar-refractivity contribution in [3.8, 4) is 78.4 Å². The maximum atomic E-state index is 5.48. The fourth-order valence-electron chi connectivity index (χ4n) is 10.7. The van der Waals surface area contributed by atoms with E-state index in [-0.39, 0.29) is 5.41 Å². The zero-order chi connectivity index (χ0) is 43.9. The number of aromatic nitrogens is 2. The van der Waals surface area contributed by atoms with Crippen LogP contribution in [0.1, 0.15) is 25.0 Å². The third kappa shape index (κ3) is 6.08. The van der Waals surface area contributed by atoms with Crippen LogP contribution in [0.25, 0.3) is 120 Å². The van der Waals surface area contributed by atoms with Crippen LogP contribution in [0.3, 0.4) is 0 Å². The van der Waals surface area contributed by atoms with E-state index in [1.54, 1.807) is 0 Å². The first-order chi connectivity index (χ1) is 32.5. The first kappa shape index (κ1) is 38.5. The second kappa shape index (κ2) is 15.1. The van der Waals surface area contributed by atoms with E-state index in [0.717, 1.165) is 39.2 Å². The summed E-state index contributed by atoms with van der Waals surface area (Å²) in [5.41, 5.74) is 17.1. The molecule has 0 unspecified atom stereocenters. The van der Waals surface area contributed by atoms with E-state index in [1.165, 1.54) is 86.2 Å². The van der Waals surface area contributed by atoms with Crippen molar-refractivity contribution >= 4 is 53.1 Å². The van der Waals surface area contributed by atoms with Gasteiger partial charge >= 0.3 is 0 Å². The summed E-state index contributed by atoms with van der Waals surface area (Å²) >= 11 is 1.87. The lowest BCUT2D eigenvalue weighted by atomic mass is 9.81. The van der Waals surface area contributed by atoms with Crippen molar-refractivity contribution < 1.29 is 0 Å². The highest BCUT2D eigenvalue weighted by Gasteiger charge is 2.38. The van der Waals surface area contributed by atoms with Crippen molar-refractivity contribution in [2.45, 2.75) is 19.3 Å². The molecule has 13 rings (SSSR count). The zero-order valence-corrected chi connectivity index (χ0v) is 37.4. The first-order valence-corrected chi connectivity index (χ1v) is 23.5. The Morgan fingerprint density at radius 1 is 0.348 bits per heavy atom. The highest BCUT2D eigenvalue weighted by Crippen LogP contribution is 2.55. The second-order valence-corrected chi connectivity index (χ2v) is 19.1. The third-order valence-electron chi connectivity index (χ3n) is 13.9. The summed E-state index contributed by atoms with van der Waals surface area (Å²) in [5.74, 6) is 0.694. The summed E-state index contributed by atoms with van der Waals surface area (Å²) in [6.45, 7) is 4.75. The molecule has 0 saturated carbocycles. The van der Waals surface area contributed by atoms with Crippen LogP contribution < -0.4 is 0 Å². The van der Waals surface area contributed by atoms with Gasteiger partial charge < -0.3 is 0 Å². The Bertz CT molecular complexity index is 3900. The minimum atomic E-state index is -0.175. The molecule has 0 fully saturated rings. The van der Waals surface area contributed by atoms with Gasteiger partial charge in [-0.2, -0.15) is 0 Å². The van der Waals surface area contributed by atoms with Gasteiger partial charge in [-0.3, -0.25) is 0 Å². The Kier molecular flexibility index (Phi) is 8.78. The molecule has 0 radical (unpaired) electrons. The van der Waals surface area contributed by atoms with E-state index in [9.17, 15) is 0 Å². The van der Waals surface area contributed by atoms with Gasteiger partial charge in [0.15, 0.2) is 5.82 Å². The molecule has 310 valence electrons. The molecule has 3 heteroatoms. The summed E-state index contributed by atoms with van der Waals surface area (Å²) in [7, 11) is 0. The smallest absolute Gasteiger partial charge is 0.160 e. The predicted molar refractivity (Wildman–Crippen MR) is 280 cm³/mol. The molecule has 0 bridgehead atoms. The van der Waals surface area contributed by atoms with E-state index in [2.05, 4.69) is 232 Å². The number of hydrogen-bond donors (Lipinski definition) is 0. The van der Waals surface area contributed by atoms with Crippen LogP contribution in [0.2, 0.25) is 0 Å². The van der Waals surface area contributed by atoms with Crippen molar-refractivity contribution in [3.05, 3.63) is 230 Å². The van der Waals surface area contributed by atoms with E-state index in [4.69, 9.17) is 9.97 Å². The number of rotatable bonds is 6. The van der Waals surface area contributed by atoms with Gasteiger partial charge in [-0.25, -0.2) is 9.97 Å². The molecular weight excluding hydrogens is 817 g/mol. The molecule has 0 aliphatic heterocycles. The fraction of sp³-hybridized carbons (Fsp3) is 0.0476. The minimum absolute atomic E-state index is 0.175. The average molecular weight is 859 g/mol. The molecule has 0 amide bonds. The summed E-state index contributed by atoms with van der Waals surface area (Å²) in [6.07, 6.45) is 0. The molecule has 10 aromatic carbocycles. The van der Waals surface area contributed by atoms with Crippen LogP contribution in [0.4, 0.5) is 0 Å². The van der Waals surface area contributed by atoms with Crippen molar-refractivity contribution in [2.75, 3.05) is 0 Å². The quantitative estimate of drug-likeness (QED) is 0.166. The molecule has 2 nitrogen and oxygen atoms in total. The number of nitrogens with zero attached hydrogens (tertiary/aromatic N) is 2. The predicted octanol–water partition coefficient (Wildman–Crippen LogP) is 17.5. The van der Waals surface area contributed by atoms with Gasteiger partial charge in [0.1, 0.15) is 0 Å². The molecule has 12 aromatic rings. The van der Waals surface area contributed by atoms with Gasteiger partial charge in [0.2, 0.25) is 0 Å². The molecule has 0 atom stereocenters. The molecule has 2 heterocycles. The van der Waals surface area contributed by atoms with Crippen molar-refractivity contribution in [1.82, 2.24) is 9.97 Å². The normalized spacial score (nSPS) is 12.8. The number of thiophene rings is 1. The molecule has 0 N–H and O–H groups in total. The molecule has 66 heavy (non-hydrogen) atoms. The zero-order valence-electron chi connectivity index (χ0n) is 36.6. The largest absolute Gasteiger partial charge is 0.228 e. The Balaban J connectivity index is 0.999. The van der Waals surface area contributed by atoms with Gasteiger partial charge in [0.25, 0.3) is 0 Å². The van der Waals surface area contributed by atoms with Gasteiger partial charge in [-0.15, -0.1) is 11.3 Å². The van der Waals surface area contributed by atoms with Crippen molar-refractivity contribution in [1.29, 1.82) is 0 Å². The van der Waals surface area contributed by atoms with Crippen molar-refractivity contribution in [2.24, 2.45) is 0 Å². The monoisotopic (exact) mass is 858 g/mol. The van der Waals surface area contributed by atoms with Crippen LogP contribution in [0.15, 0.2) is 218 Å². The number of benzene rings is 10. The number of hydrogen-bond acceptors (Lipinski definition) is 3. The molecular formula is C63H42N2S. The Hall–Kier alpha value is -7.98. The molecule has 0 spiro atoms. The molecule has 0 saturated heterocycles. The highest BCUT2D eigenvalue weighted by molar-refractivity contribution is 7.26. The second-order valence-electron chi connectivity index (χ2n) is 18.0. The van der Waals surface area contributed by atoms with Gasteiger partial charge in [0, 0.05) is 42.3 Å². The lowest BCUT2D eigenvalue weighted by Gasteiger charge is -2.22. The SMILES string of the molecule is CC1(C)c2cc3ccccc3cc2-c2c(-c3c(-c4cc(-c5ccccc5-c5ccc(-c6cccc7c6sc6ccccc67)cc5)nc(-c5ccccc5)n4)ccc4ccccc34)cccc21. The maximum Gasteiger partial charge on any atom is 0.160 e. The van der Waals surface area contributed by atoms with Crippen LogP contribution in [0.5, 0.6) is 0 Å². The average Bonchev–Trinajstić information content (AvgIpc) is 3.87. The lowest BCUT2D eigenvalue weighted by molar-refractivity contribution is 0.661. The van der Waals surface area contributed by atoms with E-state index in [1.807, 2.05) is 11.3 Å². The fourth-order valence-corrected chi connectivity index (χ4v) is 11.9. The third-order valence-corrected chi connectivity index (χ3v) is 15.1. The molecule has 1 aliphatic rings. The molecule has 1 aliphatic carbocycles. The van der Waals surface area contributed by atoms with Crippen LogP contribution in [-0.4, -0.2) is 9.97 Å². The van der Waals surface area contributed by atoms with Gasteiger partial charge in [0.05, 0.1) is 11.4 Å². The lowest BCUT2D eigenvalue weighted by Crippen LogP contribution is -2.14. The van der Waals surface area contributed by atoms with Crippen molar-refractivity contribution in [3.63, 3.8) is 0 Å². The highest BCUT2D eigenvalue weighted by atomic mass is 32.1. The number of fused-ring (bicyclic) bond motifs is 8.